The Morgan fingerprint density at radius 3 is 3.00 bits per heavy atom. The van der Waals surface area contributed by atoms with Gasteiger partial charge in [0.25, 0.3) is 0 Å². The molecule has 0 atom stereocenters. The van der Waals surface area contributed by atoms with Crippen LogP contribution in [0, 0.1) is 0 Å². The summed E-state index contributed by atoms with van der Waals surface area (Å²) in [6.07, 6.45) is 2.49. The first-order chi connectivity index (χ1) is 8.31. The summed E-state index contributed by atoms with van der Waals surface area (Å²) in [5.41, 5.74) is 0.850. The minimum atomic E-state index is 0.514. The Bertz CT molecular complexity index is 522. The number of nitrogens with zero attached hydrogens (tertiary/aromatic N) is 2. The van der Waals surface area contributed by atoms with E-state index in [1.165, 1.54) is 12.8 Å². The summed E-state index contributed by atoms with van der Waals surface area (Å²) < 4.78 is 5.56. The van der Waals surface area contributed by atoms with Crippen LogP contribution in [-0.2, 0) is 6.54 Å². The van der Waals surface area contributed by atoms with Crippen molar-refractivity contribution in [3.8, 4) is 11.5 Å². The molecular formula is C12H12ClN3O. The van der Waals surface area contributed by atoms with E-state index in [9.17, 15) is 0 Å². The van der Waals surface area contributed by atoms with Gasteiger partial charge < -0.3 is 9.73 Å². The second-order valence-electron chi connectivity index (χ2n) is 4.17. The van der Waals surface area contributed by atoms with Gasteiger partial charge in [-0.3, -0.25) is 0 Å². The Kier molecular flexibility index (Phi) is 2.82. The molecule has 1 aromatic carbocycles. The average Bonchev–Trinajstić information content (AvgIpc) is 3.04. The number of halogens is 1. The lowest BCUT2D eigenvalue weighted by Gasteiger charge is -1.96. The van der Waals surface area contributed by atoms with E-state index in [0.29, 0.717) is 29.4 Å². The lowest BCUT2D eigenvalue weighted by Crippen LogP contribution is -2.15. The van der Waals surface area contributed by atoms with Crippen LogP contribution in [0.25, 0.3) is 11.5 Å². The number of hydrogen-bond donors (Lipinski definition) is 1. The van der Waals surface area contributed by atoms with Gasteiger partial charge in [-0.1, -0.05) is 17.7 Å². The number of aromatic nitrogens is 2. The van der Waals surface area contributed by atoms with Gasteiger partial charge in [0, 0.05) is 16.6 Å². The van der Waals surface area contributed by atoms with Crippen molar-refractivity contribution in [2.24, 2.45) is 0 Å². The molecule has 3 rings (SSSR count). The average molecular weight is 250 g/mol. The Hall–Kier alpha value is -1.39. The molecule has 0 unspecified atom stereocenters. The van der Waals surface area contributed by atoms with E-state index in [4.69, 9.17) is 16.0 Å². The molecule has 2 aromatic rings. The summed E-state index contributed by atoms with van der Waals surface area (Å²) in [7, 11) is 0. The predicted octanol–water partition coefficient (Wildman–Crippen LogP) is 2.64. The summed E-state index contributed by atoms with van der Waals surface area (Å²) in [6, 6.07) is 8.03. The zero-order valence-electron chi connectivity index (χ0n) is 9.19. The van der Waals surface area contributed by atoms with Crippen molar-refractivity contribution in [1.29, 1.82) is 0 Å². The van der Waals surface area contributed by atoms with Crippen molar-refractivity contribution in [2.75, 3.05) is 0 Å². The van der Waals surface area contributed by atoms with Crippen LogP contribution in [0.1, 0.15) is 18.7 Å². The quantitative estimate of drug-likeness (QED) is 0.905. The predicted molar refractivity (Wildman–Crippen MR) is 64.6 cm³/mol. The molecule has 0 radical (unpaired) electrons. The van der Waals surface area contributed by atoms with E-state index in [0.717, 1.165) is 5.56 Å². The molecule has 5 heteroatoms. The standard InChI is InChI=1S/C12H12ClN3O/c13-9-3-1-2-8(6-9)12-16-15-11(17-12)7-14-10-4-5-10/h1-3,6,10,14H,4-5,7H2. The van der Waals surface area contributed by atoms with Crippen LogP contribution in [0.3, 0.4) is 0 Å². The summed E-state index contributed by atoms with van der Waals surface area (Å²) in [5, 5.41) is 12.0. The monoisotopic (exact) mass is 249 g/mol. The van der Waals surface area contributed by atoms with Crippen LogP contribution >= 0.6 is 11.6 Å². The van der Waals surface area contributed by atoms with Crippen molar-refractivity contribution in [1.82, 2.24) is 15.5 Å². The van der Waals surface area contributed by atoms with Crippen LogP contribution < -0.4 is 5.32 Å². The number of benzene rings is 1. The number of hydrogen-bond acceptors (Lipinski definition) is 4. The lowest BCUT2D eigenvalue weighted by molar-refractivity contribution is 0.476. The lowest BCUT2D eigenvalue weighted by atomic mass is 10.2. The third kappa shape index (κ3) is 2.65. The molecule has 4 nitrogen and oxygen atoms in total. The fourth-order valence-electron chi connectivity index (χ4n) is 1.58. The van der Waals surface area contributed by atoms with E-state index in [-0.39, 0.29) is 0 Å². The normalized spacial score (nSPS) is 15.1. The van der Waals surface area contributed by atoms with Gasteiger partial charge in [-0.05, 0) is 31.0 Å². The third-order valence-corrected chi connectivity index (χ3v) is 2.89. The maximum absolute atomic E-state index is 5.91. The fourth-order valence-corrected chi connectivity index (χ4v) is 1.77. The fraction of sp³-hybridized carbons (Fsp3) is 0.333. The van der Waals surface area contributed by atoms with Crippen molar-refractivity contribution in [3.63, 3.8) is 0 Å². The van der Waals surface area contributed by atoms with Crippen LogP contribution in [0.5, 0.6) is 0 Å². The Morgan fingerprint density at radius 1 is 1.35 bits per heavy atom. The molecule has 0 bridgehead atoms. The highest BCUT2D eigenvalue weighted by atomic mass is 35.5. The zero-order valence-corrected chi connectivity index (χ0v) is 9.94. The topological polar surface area (TPSA) is 51.0 Å². The highest BCUT2D eigenvalue weighted by Crippen LogP contribution is 2.22. The molecule has 0 amide bonds. The summed E-state index contributed by atoms with van der Waals surface area (Å²) >= 11 is 5.91. The third-order valence-electron chi connectivity index (χ3n) is 2.66. The maximum Gasteiger partial charge on any atom is 0.247 e. The van der Waals surface area contributed by atoms with Gasteiger partial charge in [0.15, 0.2) is 0 Å². The second-order valence-corrected chi connectivity index (χ2v) is 4.60. The van der Waals surface area contributed by atoms with E-state index < -0.39 is 0 Å². The van der Waals surface area contributed by atoms with Gasteiger partial charge in [-0.25, -0.2) is 0 Å². The van der Waals surface area contributed by atoms with Crippen LogP contribution in [0.15, 0.2) is 28.7 Å². The van der Waals surface area contributed by atoms with Gasteiger partial charge in [0.1, 0.15) is 0 Å². The van der Waals surface area contributed by atoms with E-state index >= 15 is 0 Å². The molecule has 1 aliphatic rings. The molecule has 0 saturated heterocycles. The first-order valence-electron chi connectivity index (χ1n) is 5.63. The molecule has 17 heavy (non-hydrogen) atoms. The molecule has 0 spiro atoms. The molecular weight excluding hydrogens is 238 g/mol. The smallest absolute Gasteiger partial charge is 0.247 e. The number of rotatable bonds is 4. The SMILES string of the molecule is Clc1cccc(-c2nnc(CNC3CC3)o2)c1. The molecule has 0 aliphatic heterocycles. The van der Waals surface area contributed by atoms with Crippen LogP contribution in [0.2, 0.25) is 5.02 Å². The highest BCUT2D eigenvalue weighted by molar-refractivity contribution is 6.30. The molecule has 1 saturated carbocycles. The van der Waals surface area contributed by atoms with Gasteiger partial charge in [0.05, 0.1) is 6.54 Å². The van der Waals surface area contributed by atoms with Gasteiger partial charge in [-0.15, -0.1) is 10.2 Å². The van der Waals surface area contributed by atoms with Gasteiger partial charge >= 0.3 is 0 Å². The first-order valence-corrected chi connectivity index (χ1v) is 6.01. The van der Waals surface area contributed by atoms with E-state index in [1.807, 2.05) is 24.3 Å². The second kappa shape index (κ2) is 4.47. The molecule has 88 valence electrons. The van der Waals surface area contributed by atoms with Crippen molar-refractivity contribution in [3.05, 3.63) is 35.2 Å². The van der Waals surface area contributed by atoms with Gasteiger partial charge in [0.2, 0.25) is 11.8 Å². The zero-order chi connectivity index (χ0) is 11.7. The minimum absolute atomic E-state index is 0.514. The Morgan fingerprint density at radius 2 is 2.24 bits per heavy atom. The van der Waals surface area contributed by atoms with Crippen molar-refractivity contribution < 1.29 is 4.42 Å². The van der Waals surface area contributed by atoms with Crippen LogP contribution in [-0.4, -0.2) is 16.2 Å². The maximum atomic E-state index is 5.91. The Balaban J connectivity index is 1.74. The van der Waals surface area contributed by atoms with E-state index in [1.54, 1.807) is 0 Å². The minimum Gasteiger partial charge on any atom is -0.419 e. The number of nitrogens with one attached hydrogen (secondary N) is 1. The summed E-state index contributed by atoms with van der Waals surface area (Å²) in [4.78, 5) is 0. The Labute approximate surface area is 104 Å². The van der Waals surface area contributed by atoms with Crippen molar-refractivity contribution in [2.45, 2.75) is 25.4 Å². The molecule has 1 fully saturated rings. The van der Waals surface area contributed by atoms with Crippen molar-refractivity contribution >= 4 is 11.6 Å². The largest absolute Gasteiger partial charge is 0.419 e. The van der Waals surface area contributed by atoms with E-state index in [2.05, 4.69) is 15.5 Å². The highest BCUT2D eigenvalue weighted by Gasteiger charge is 2.21. The molecule has 1 aromatic heterocycles. The van der Waals surface area contributed by atoms with Crippen LogP contribution in [0.4, 0.5) is 0 Å². The summed E-state index contributed by atoms with van der Waals surface area (Å²) in [6.45, 7) is 0.637. The molecule has 1 N–H and O–H groups in total. The molecule has 1 aliphatic carbocycles. The molecule has 1 heterocycles. The first kappa shape index (κ1) is 10.7. The van der Waals surface area contributed by atoms with Gasteiger partial charge in [-0.2, -0.15) is 0 Å². The summed E-state index contributed by atoms with van der Waals surface area (Å²) in [5.74, 6) is 1.13.